The molecule has 2 N–H and O–H groups in total. The van der Waals surface area contributed by atoms with Gasteiger partial charge in [-0.25, -0.2) is 0 Å². The molecular weight excluding hydrogens is 228 g/mol. The van der Waals surface area contributed by atoms with E-state index in [4.69, 9.17) is 10.5 Å². The van der Waals surface area contributed by atoms with E-state index in [0.29, 0.717) is 18.4 Å². The third-order valence-electron chi connectivity index (χ3n) is 3.13. The minimum atomic E-state index is -0.268. The van der Waals surface area contributed by atoms with Crippen LogP contribution in [0.15, 0.2) is 0 Å². The summed E-state index contributed by atoms with van der Waals surface area (Å²) in [4.78, 5) is 14.4. The maximum atomic E-state index is 12.4. The Morgan fingerprint density at radius 1 is 1.22 bits per heavy atom. The molecule has 4 nitrogen and oxygen atoms in total. The van der Waals surface area contributed by atoms with Gasteiger partial charge in [0.15, 0.2) is 0 Å². The third-order valence-corrected chi connectivity index (χ3v) is 3.13. The quantitative estimate of drug-likeness (QED) is 0.786. The highest BCUT2D eigenvalue weighted by Gasteiger charge is 2.33. The van der Waals surface area contributed by atoms with E-state index in [0.717, 1.165) is 25.9 Å². The summed E-state index contributed by atoms with van der Waals surface area (Å²) >= 11 is 0. The van der Waals surface area contributed by atoms with Crippen molar-refractivity contribution in [2.75, 3.05) is 19.6 Å². The van der Waals surface area contributed by atoms with Crippen molar-refractivity contribution in [3.8, 4) is 0 Å². The monoisotopic (exact) mass is 256 g/mol. The van der Waals surface area contributed by atoms with Crippen LogP contribution in [0.1, 0.15) is 40.5 Å². The fraction of sp³-hybridized carbons (Fsp3) is 0.929. The largest absolute Gasteiger partial charge is 0.364 e. The van der Waals surface area contributed by atoms with E-state index < -0.39 is 0 Å². The molecule has 1 aliphatic rings. The van der Waals surface area contributed by atoms with Crippen LogP contribution >= 0.6 is 0 Å². The number of carbonyl (C=O) groups excluding carboxylic acids is 1. The van der Waals surface area contributed by atoms with Gasteiger partial charge in [0.1, 0.15) is 6.10 Å². The van der Waals surface area contributed by atoms with Crippen LogP contribution in [0, 0.1) is 11.8 Å². The van der Waals surface area contributed by atoms with Gasteiger partial charge in [-0.3, -0.25) is 4.79 Å². The molecule has 4 heteroatoms. The van der Waals surface area contributed by atoms with Crippen LogP contribution in [0.3, 0.4) is 0 Å². The highest BCUT2D eigenvalue weighted by molar-refractivity contribution is 5.81. The molecule has 2 atom stereocenters. The highest BCUT2D eigenvalue weighted by atomic mass is 16.5. The maximum Gasteiger partial charge on any atom is 0.251 e. The molecule has 1 aliphatic heterocycles. The van der Waals surface area contributed by atoms with E-state index in [-0.39, 0.29) is 18.1 Å². The molecule has 1 heterocycles. The number of rotatable bonds is 6. The molecule has 0 radical (unpaired) electrons. The van der Waals surface area contributed by atoms with Gasteiger partial charge >= 0.3 is 0 Å². The standard InChI is InChI=1S/C14H28N2O2/c1-10(2)8-16(9-11(3)4)14(17)13-6-5-12(7-15)18-13/h10-13H,5-9,15H2,1-4H3. The fourth-order valence-electron chi connectivity index (χ4n) is 2.40. The van der Waals surface area contributed by atoms with Crippen molar-refractivity contribution in [3.63, 3.8) is 0 Å². The summed E-state index contributed by atoms with van der Waals surface area (Å²) in [6.45, 7) is 10.7. The zero-order valence-corrected chi connectivity index (χ0v) is 12.2. The topological polar surface area (TPSA) is 55.6 Å². The number of hydrogen-bond acceptors (Lipinski definition) is 3. The Bertz CT molecular complexity index is 257. The Kier molecular flexibility index (Phi) is 6.09. The summed E-state index contributed by atoms with van der Waals surface area (Å²) in [6, 6.07) is 0. The fourth-order valence-corrected chi connectivity index (χ4v) is 2.40. The van der Waals surface area contributed by atoms with E-state index in [1.165, 1.54) is 0 Å². The molecule has 1 fully saturated rings. The molecule has 0 aromatic heterocycles. The summed E-state index contributed by atoms with van der Waals surface area (Å²) in [7, 11) is 0. The van der Waals surface area contributed by atoms with Crippen LogP contribution in [0.2, 0.25) is 0 Å². The lowest BCUT2D eigenvalue weighted by atomic mass is 10.1. The van der Waals surface area contributed by atoms with E-state index >= 15 is 0 Å². The van der Waals surface area contributed by atoms with Crippen molar-refractivity contribution < 1.29 is 9.53 Å². The molecule has 1 rings (SSSR count). The highest BCUT2D eigenvalue weighted by Crippen LogP contribution is 2.21. The Morgan fingerprint density at radius 2 is 1.78 bits per heavy atom. The van der Waals surface area contributed by atoms with Crippen LogP contribution in [-0.2, 0) is 9.53 Å². The molecule has 1 saturated heterocycles. The molecule has 2 unspecified atom stereocenters. The number of nitrogens with two attached hydrogens (primary N) is 1. The number of carbonyl (C=O) groups is 1. The first-order valence-electron chi connectivity index (χ1n) is 7.08. The number of amides is 1. The molecule has 0 aliphatic carbocycles. The second kappa shape index (κ2) is 7.10. The lowest BCUT2D eigenvalue weighted by molar-refractivity contribution is -0.143. The average Bonchev–Trinajstić information content (AvgIpc) is 2.74. The predicted octanol–water partition coefficient (Wildman–Crippen LogP) is 1.63. The van der Waals surface area contributed by atoms with Gasteiger partial charge in [-0.2, -0.15) is 0 Å². The van der Waals surface area contributed by atoms with Crippen molar-refractivity contribution in [1.82, 2.24) is 4.90 Å². The molecule has 0 spiro atoms. The average molecular weight is 256 g/mol. The van der Waals surface area contributed by atoms with Gasteiger partial charge in [0.25, 0.3) is 5.91 Å². The predicted molar refractivity (Wildman–Crippen MR) is 73.2 cm³/mol. The summed E-state index contributed by atoms with van der Waals surface area (Å²) in [5, 5.41) is 0. The Balaban J connectivity index is 2.58. The van der Waals surface area contributed by atoms with Crippen molar-refractivity contribution in [2.24, 2.45) is 17.6 Å². The number of ether oxygens (including phenoxy) is 1. The van der Waals surface area contributed by atoms with Crippen molar-refractivity contribution in [3.05, 3.63) is 0 Å². The van der Waals surface area contributed by atoms with Gasteiger partial charge in [0, 0.05) is 19.6 Å². The summed E-state index contributed by atoms with van der Waals surface area (Å²) in [5.41, 5.74) is 5.58. The van der Waals surface area contributed by atoms with Gasteiger partial charge < -0.3 is 15.4 Å². The summed E-state index contributed by atoms with van der Waals surface area (Å²) in [6.07, 6.45) is 1.52. The molecule has 18 heavy (non-hydrogen) atoms. The van der Waals surface area contributed by atoms with Crippen LogP contribution in [0.5, 0.6) is 0 Å². The Labute approximate surface area is 111 Å². The van der Waals surface area contributed by atoms with Gasteiger partial charge in [0.05, 0.1) is 6.10 Å². The summed E-state index contributed by atoms with van der Waals surface area (Å²) < 4.78 is 5.70. The lowest BCUT2D eigenvalue weighted by Crippen LogP contribution is -2.43. The smallest absolute Gasteiger partial charge is 0.251 e. The minimum Gasteiger partial charge on any atom is -0.364 e. The zero-order valence-electron chi connectivity index (χ0n) is 12.2. The van der Waals surface area contributed by atoms with E-state index in [2.05, 4.69) is 27.7 Å². The van der Waals surface area contributed by atoms with Crippen LogP contribution in [0.4, 0.5) is 0 Å². The van der Waals surface area contributed by atoms with Crippen LogP contribution in [0.25, 0.3) is 0 Å². The van der Waals surface area contributed by atoms with Crippen molar-refractivity contribution in [2.45, 2.75) is 52.7 Å². The maximum absolute atomic E-state index is 12.4. The molecule has 106 valence electrons. The lowest BCUT2D eigenvalue weighted by Gasteiger charge is -2.28. The molecule has 0 aromatic carbocycles. The van der Waals surface area contributed by atoms with E-state index in [1.807, 2.05) is 4.90 Å². The van der Waals surface area contributed by atoms with Crippen LogP contribution in [-0.4, -0.2) is 42.6 Å². The third kappa shape index (κ3) is 4.58. The molecule has 0 saturated carbocycles. The minimum absolute atomic E-state index is 0.0684. The van der Waals surface area contributed by atoms with Gasteiger partial charge in [0.2, 0.25) is 0 Å². The molecule has 1 amide bonds. The first-order valence-corrected chi connectivity index (χ1v) is 7.08. The Hall–Kier alpha value is -0.610. The van der Waals surface area contributed by atoms with Crippen LogP contribution < -0.4 is 5.73 Å². The van der Waals surface area contributed by atoms with E-state index in [9.17, 15) is 4.79 Å². The molecule has 0 aromatic rings. The van der Waals surface area contributed by atoms with Gasteiger partial charge in [-0.1, -0.05) is 27.7 Å². The van der Waals surface area contributed by atoms with Crippen molar-refractivity contribution in [1.29, 1.82) is 0 Å². The second-order valence-corrected chi connectivity index (χ2v) is 6.09. The first kappa shape index (κ1) is 15.4. The summed E-state index contributed by atoms with van der Waals surface area (Å²) in [5.74, 6) is 1.12. The second-order valence-electron chi connectivity index (χ2n) is 6.09. The zero-order chi connectivity index (χ0) is 13.7. The molecule has 0 bridgehead atoms. The van der Waals surface area contributed by atoms with Crippen molar-refractivity contribution >= 4 is 5.91 Å². The Morgan fingerprint density at radius 3 is 2.17 bits per heavy atom. The van der Waals surface area contributed by atoms with E-state index in [1.54, 1.807) is 0 Å². The SMILES string of the molecule is CC(C)CN(CC(C)C)C(=O)C1CCC(CN)O1. The molecular formula is C14H28N2O2. The first-order chi connectivity index (χ1) is 8.43. The normalized spacial score (nSPS) is 23.9. The van der Waals surface area contributed by atoms with Gasteiger partial charge in [-0.15, -0.1) is 0 Å². The van der Waals surface area contributed by atoms with Gasteiger partial charge in [-0.05, 0) is 24.7 Å². The number of hydrogen-bond donors (Lipinski definition) is 1. The number of nitrogens with zero attached hydrogens (tertiary/aromatic N) is 1.